The summed E-state index contributed by atoms with van der Waals surface area (Å²) in [7, 11) is -1.58. The highest BCUT2D eigenvalue weighted by atomic mass is 32.2. The second-order valence-corrected chi connectivity index (χ2v) is 6.57. The molecule has 0 aromatic rings. The summed E-state index contributed by atoms with van der Waals surface area (Å²) >= 11 is 0. The van der Waals surface area contributed by atoms with Gasteiger partial charge >= 0.3 is 5.97 Å². The average Bonchev–Trinajstić information content (AvgIpc) is 2.37. The molecule has 0 aromatic heterocycles. The van der Waals surface area contributed by atoms with Gasteiger partial charge in [-0.3, -0.25) is 4.79 Å². The molecule has 0 radical (unpaired) electrons. The van der Waals surface area contributed by atoms with E-state index in [0.717, 1.165) is 0 Å². The highest BCUT2D eigenvalue weighted by molar-refractivity contribution is 7.91. The summed E-state index contributed by atoms with van der Waals surface area (Å²) in [5.41, 5.74) is 5.91. The molecule has 94 valence electrons. The van der Waals surface area contributed by atoms with Gasteiger partial charge in [-0.2, -0.15) is 0 Å². The molecule has 1 heterocycles. The van der Waals surface area contributed by atoms with E-state index in [-0.39, 0.29) is 29.4 Å². The van der Waals surface area contributed by atoms with Gasteiger partial charge in [-0.15, -0.1) is 0 Å². The Morgan fingerprint density at radius 3 is 2.62 bits per heavy atom. The molecule has 1 fully saturated rings. The van der Waals surface area contributed by atoms with Crippen LogP contribution in [0.1, 0.15) is 25.7 Å². The zero-order valence-electron chi connectivity index (χ0n) is 9.52. The fourth-order valence-corrected chi connectivity index (χ4v) is 3.46. The number of esters is 1. The first-order valence-electron chi connectivity index (χ1n) is 5.47. The molecule has 2 atom stereocenters. The first-order chi connectivity index (χ1) is 7.44. The van der Waals surface area contributed by atoms with Crippen LogP contribution in [0.3, 0.4) is 0 Å². The molecule has 1 aliphatic heterocycles. The SMILES string of the molecule is COC(=O)CCC1CCS(=O)(=O)CCC1N. The van der Waals surface area contributed by atoms with E-state index in [1.165, 1.54) is 7.11 Å². The van der Waals surface area contributed by atoms with Gasteiger partial charge in [0, 0.05) is 12.5 Å². The molecule has 1 saturated heterocycles. The van der Waals surface area contributed by atoms with Crippen LogP contribution in [0, 0.1) is 5.92 Å². The van der Waals surface area contributed by atoms with Crippen molar-refractivity contribution in [3.05, 3.63) is 0 Å². The summed E-state index contributed by atoms with van der Waals surface area (Å²) < 4.78 is 27.4. The van der Waals surface area contributed by atoms with E-state index in [0.29, 0.717) is 25.7 Å². The summed E-state index contributed by atoms with van der Waals surface area (Å²) in [6.07, 6.45) is 1.98. The molecule has 5 nitrogen and oxygen atoms in total. The lowest BCUT2D eigenvalue weighted by molar-refractivity contribution is -0.141. The maximum Gasteiger partial charge on any atom is 0.305 e. The smallest absolute Gasteiger partial charge is 0.305 e. The number of ether oxygens (including phenoxy) is 1. The highest BCUT2D eigenvalue weighted by Gasteiger charge is 2.27. The highest BCUT2D eigenvalue weighted by Crippen LogP contribution is 2.22. The van der Waals surface area contributed by atoms with Crippen molar-refractivity contribution < 1.29 is 17.9 Å². The Balaban J connectivity index is 2.50. The minimum atomic E-state index is -2.93. The van der Waals surface area contributed by atoms with Crippen LogP contribution in [0.15, 0.2) is 0 Å². The molecule has 1 rings (SSSR count). The number of methoxy groups -OCH3 is 1. The Hall–Kier alpha value is -0.620. The summed E-state index contributed by atoms with van der Waals surface area (Å²) in [5, 5.41) is 0. The van der Waals surface area contributed by atoms with Gasteiger partial charge in [0.15, 0.2) is 0 Å². The number of nitrogens with two attached hydrogens (primary N) is 1. The van der Waals surface area contributed by atoms with Crippen LogP contribution < -0.4 is 5.73 Å². The van der Waals surface area contributed by atoms with Crippen LogP contribution in [0.2, 0.25) is 0 Å². The van der Waals surface area contributed by atoms with E-state index in [2.05, 4.69) is 4.74 Å². The topological polar surface area (TPSA) is 86.5 Å². The third-order valence-electron chi connectivity index (χ3n) is 3.11. The molecule has 1 aliphatic rings. The van der Waals surface area contributed by atoms with Crippen LogP contribution in [-0.4, -0.2) is 39.0 Å². The molecular formula is C10H19NO4S. The first kappa shape index (κ1) is 13.4. The molecule has 0 amide bonds. The zero-order chi connectivity index (χ0) is 12.2. The molecule has 0 aliphatic carbocycles. The Morgan fingerprint density at radius 2 is 2.00 bits per heavy atom. The normalized spacial score (nSPS) is 29.4. The maximum atomic E-state index is 11.4. The Kier molecular flexibility index (Phi) is 4.73. The lowest BCUT2D eigenvalue weighted by Crippen LogP contribution is -2.30. The Labute approximate surface area is 96.3 Å². The summed E-state index contributed by atoms with van der Waals surface area (Å²) in [4.78, 5) is 11.0. The minimum absolute atomic E-state index is 0.108. The standard InChI is InChI=1S/C10H19NO4S/c1-15-10(12)3-2-8-4-6-16(13,14)7-5-9(8)11/h8-9H,2-7,11H2,1H3. The monoisotopic (exact) mass is 249 g/mol. The quantitative estimate of drug-likeness (QED) is 0.716. The van der Waals surface area contributed by atoms with Gasteiger partial charge in [0.05, 0.1) is 18.6 Å². The van der Waals surface area contributed by atoms with Crippen molar-refractivity contribution in [2.75, 3.05) is 18.6 Å². The van der Waals surface area contributed by atoms with Gasteiger partial charge in [0.1, 0.15) is 9.84 Å². The number of sulfone groups is 1. The number of hydrogen-bond donors (Lipinski definition) is 1. The molecule has 0 aromatic carbocycles. The summed E-state index contributed by atoms with van der Waals surface area (Å²) in [6, 6.07) is -0.123. The third-order valence-corrected chi connectivity index (χ3v) is 4.83. The summed E-state index contributed by atoms with van der Waals surface area (Å²) in [5.74, 6) is 0.200. The van der Waals surface area contributed by atoms with Gasteiger partial charge in [-0.05, 0) is 25.2 Å². The van der Waals surface area contributed by atoms with Crippen molar-refractivity contribution >= 4 is 15.8 Å². The molecule has 2 unspecified atom stereocenters. The van der Waals surface area contributed by atoms with Crippen LogP contribution in [-0.2, 0) is 19.4 Å². The third kappa shape index (κ3) is 4.09. The molecule has 6 heteroatoms. The van der Waals surface area contributed by atoms with Crippen molar-refractivity contribution in [2.24, 2.45) is 11.7 Å². The Bertz CT molecular complexity index is 339. The molecule has 2 N–H and O–H groups in total. The molecule has 0 saturated carbocycles. The lowest BCUT2D eigenvalue weighted by Gasteiger charge is -2.19. The van der Waals surface area contributed by atoms with Crippen molar-refractivity contribution in [1.82, 2.24) is 0 Å². The first-order valence-corrected chi connectivity index (χ1v) is 7.29. The van der Waals surface area contributed by atoms with Crippen LogP contribution >= 0.6 is 0 Å². The van der Waals surface area contributed by atoms with E-state index >= 15 is 0 Å². The van der Waals surface area contributed by atoms with Gasteiger partial charge < -0.3 is 10.5 Å². The second-order valence-electron chi connectivity index (χ2n) is 4.27. The van der Waals surface area contributed by atoms with Gasteiger partial charge in [0.2, 0.25) is 0 Å². The number of hydrogen-bond acceptors (Lipinski definition) is 5. The Morgan fingerprint density at radius 1 is 1.38 bits per heavy atom. The van der Waals surface area contributed by atoms with E-state index < -0.39 is 9.84 Å². The minimum Gasteiger partial charge on any atom is -0.469 e. The molecule has 0 spiro atoms. The van der Waals surface area contributed by atoms with Crippen LogP contribution in [0.4, 0.5) is 0 Å². The molecule has 16 heavy (non-hydrogen) atoms. The van der Waals surface area contributed by atoms with Crippen molar-refractivity contribution in [3.8, 4) is 0 Å². The van der Waals surface area contributed by atoms with Crippen molar-refractivity contribution in [2.45, 2.75) is 31.7 Å². The van der Waals surface area contributed by atoms with E-state index in [4.69, 9.17) is 5.73 Å². The van der Waals surface area contributed by atoms with E-state index in [9.17, 15) is 13.2 Å². The van der Waals surface area contributed by atoms with Crippen LogP contribution in [0.25, 0.3) is 0 Å². The number of rotatable bonds is 3. The van der Waals surface area contributed by atoms with Gasteiger partial charge in [-0.1, -0.05) is 0 Å². The predicted octanol–water partition coefficient (Wildman–Crippen LogP) is 0.0917. The summed E-state index contributed by atoms with van der Waals surface area (Å²) in [6.45, 7) is 0. The maximum absolute atomic E-state index is 11.4. The number of carbonyl (C=O) groups is 1. The second kappa shape index (κ2) is 5.63. The van der Waals surface area contributed by atoms with E-state index in [1.807, 2.05) is 0 Å². The average molecular weight is 249 g/mol. The van der Waals surface area contributed by atoms with E-state index in [1.54, 1.807) is 0 Å². The zero-order valence-corrected chi connectivity index (χ0v) is 10.3. The number of carbonyl (C=O) groups excluding carboxylic acids is 1. The van der Waals surface area contributed by atoms with Gasteiger partial charge in [-0.25, -0.2) is 8.42 Å². The largest absolute Gasteiger partial charge is 0.469 e. The van der Waals surface area contributed by atoms with Crippen LogP contribution in [0.5, 0.6) is 0 Å². The van der Waals surface area contributed by atoms with Gasteiger partial charge in [0.25, 0.3) is 0 Å². The molecular weight excluding hydrogens is 230 g/mol. The molecule has 0 bridgehead atoms. The van der Waals surface area contributed by atoms with Crippen molar-refractivity contribution in [3.63, 3.8) is 0 Å². The lowest BCUT2D eigenvalue weighted by atomic mass is 9.91. The van der Waals surface area contributed by atoms with Crippen molar-refractivity contribution in [1.29, 1.82) is 0 Å². The fourth-order valence-electron chi connectivity index (χ4n) is 1.96. The fraction of sp³-hybridized carbons (Fsp3) is 0.900. The predicted molar refractivity (Wildman–Crippen MR) is 60.6 cm³/mol.